The van der Waals surface area contributed by atoms with Crippen LogP contribution in [-0.4, -0.2) is 30.0 Å². The van der Waals surface area contributed by atoms with Crippen LogP contribution < -0.4 is 10.2 Å². The number of amides is 1. The van der Waals surface area contributed by atoms with E-state index in [1.807, 2.05) is 43.3 Å². The Kier molecular flexibility index (Phi) is 6.58. The minimum Gasteiger partial charge on any atom is -0.462 e. The minimum atomic E-state index is -0.386. The molecule has 0 radical (unpaired) electrons. The van der Waals surface area contributed by atoms with Crippen molar-refractivity contribution in [3.63, 3.8) is 0 Å². The van der Waals surface area contributed by atoms with E-state index in [4.69, 9.17) is 4.74 Å². The Morgan fingerprint density at radius 2 is 1.66 bits per heavy atom. The van der Waals surface area contributed by atoms with Crippen LogP contribution in [0.25, 0.3) is 0 Å². The topological polar surface area (TPSA) is 71.5 Å². The number of aromatic nitrogens is 1. The first-order valence-electron chi connectivity index (χ1n) is 9.48. The molecule has 0 saturated carbocycles. The molecule has 1 amide bonds. The van der Waals surface area contributed by atoms with Gasteiger partial charge in [-0.15, -0.1) is 0 Å². The monoisotopic (exact) mass is 389 g/mol. The van der Waals surface area contributed by atoms with Crippen LogP contribution in [0.5, 0.6) is 0 Å². The van der Waals surface area contributed by atoms with E-state index in [1.165, 1.54) is 6.20 Å². The second-order valence-electron chi connectivity index (χ2n) is 6.26. The van der Waals surface area contributed by atoms with Gasteiger partial charge < -0.3 is 15.0 Å². The van der Waals surface area contributed by atoms with E-state index in [-0.39, 0.29) is 11.9 Å². The summed E-state index contributed by atoms with van der Waals surface area (Å²) in [6, 6.07) is 18.3. The summed E-state index contributed by atoms with van der Waals surface area (Å²) < 4.78 is 4.96. The van der Waals surface area contributed by atoms with Gasteiger partial charge in [-0.05, 0) is 56.3 Å². The maximum Gasteiger partial charge on any atom is 0.338 e. The highest BCUT2D eigenvalue weighted by Crippen LogP contribution is 2.25. The number of nitrogens with zero attached hydrogens (tertiary/aromatic N) is 2. The normalized spacial score (nSPS) is 10.3. The SMILES string of the molecule is CCOC(=O)c1ccc(NC(=O)c2cncc(N(CC)c3ccccc3)c2)cc1. The van der Waals surface area contributed by atoms with Gasteiger partial charge in [-0.25, -0.2) is 4.79 Å². The molecular formula is C23H23N3O3. The lowest BCUT2D eigenvalue weighted by molar-refractivity contribution is 0.0526. The van der Waals surface area contributed by atoms with Gasteiger partial charge in [0.25, 0.3) is 5.91 Å². The van der Waals surface area contributed by atoms with Gasteiger partial charge in [0.1, 0.15) is 0 Å². The molecule has 0 spiro atoms. The fourth-order valence-corrected chi connectivity index (χ4v) is 2.93. The molecule has 29 heavy (non-hydrogen) atoms. The smallest absolute Gasteiger partial charge is 0.338 e. The van der Waals surface area contributed by atoms with Crippen LogP contribution in [0.4, 0.5) is 17.1 Å². The molecule has 3 rings (SSSR count). The molecule has 0 bridgehead atoms. The van der Waals surface area contributed by atoms with Gasteiger partial charge in [-0.3, -0.25) is 9.78 Å². The molecule has 148 valence electrons. The van der Waals surface area contributed by atoms with E-state index in [1.54, 1.807) is 37.4 Å². The summed E-state index contributed by atoms with van der Waals surface area (Å²) in [6.45, 7) is 4.86. The van der Waals surface area contributed by atoms with Crippen molar-refractivity contribution in [1.82, 2.24) is 4.98 Å². The molecule has 0 unspecified atom stereocenters. The molecule has 1 N–H and O–H groups in total. The van der Waals surface area contributed by atoms with Crippen LogP contribution >= 0.6 is 0 Å². The molecule has 0 atom stereocenters. The van der Waals surface area contributed by atoms with Crippen molar-refractivity contribution in [1.29, 1.82) is 0 Å². The first kappa shape index (κ1) is 20.1. The summed E-state index contributed by atoms with van der Waals surface area (Å²) >= 11 is 0. The molecule has 0 aliphatic rings. The highest BCUT2D eigenvalue weighted by Gasteiger charge is 2.13. The number of hydrogen-bond donors (Lipinski definition) is 1. The number of esters is 1. The van der Waals surface area contributed by atoms with Crippen molar-refractivity contribution in [3.05, 3.63) is 84.2 Å². The molecule has 2 aromatic carbocycles. The van der Waals surface area contributed by atoms with Crippen LogP contribution in [0, 0.1) is 0 Å². The lowest BCUT2D eigenvalue weighted by Crippen LogP contribution is -2.18. The molecule has 0 saturated heterocycles. The molecular weight excluding hydrogens is 366 g/mol. The number of ether oxygens (including phenoxy) is 1. The number of hydrogen-bond acceptors (Lipinski definition) is 5. The van der Waals surface area contributed by atoms with Gasteiger partial charge in [-0.1, -0.05) is 18.2 Å². The van der Waals surface area contributed by atoms with Gasteiger partial charge in [-0.2, -0.15) is 0 Å². The Hall–Kier alpha value is -3.67. The van der Waals surface area contributed by atoms with Crippen LogP contribution in [0.1, 0.15) is 34.6 Å². The van der Waals surface area contributed by atoms with Crippen molar-refractivity contribution in [2.45, 2.75) is 13.8 Å². The predicted molar refractivity (Wildman–Crippen MR) is 114 cm³/mol. The van der Waals surface area contributed by atoms with E-state index < -0.39 is 0 Å². The molecule has 0 fully saturated rings. The van der Waals surface area contributed by atoms with Gasteiger partial charge >= 0.3 is 5.97 Å². The second kappa shape index (κ2) is 9.50. The molecule has 1 heterocycles. The number of benzene rings is 2. The third-order valence-electron chi connectivity index (χ3n) is 4.34. The maximum atomic E-state index is 12.7. The van der Waals surface area contributed by atoms with Crippen LogP contribution in [0.2, 0.25) is 0 Å². The Bertz CT molecular complexity index is 972. The van der Waals surface area contributed by atoms with E-state index >= 15 is 0 Å². The fourth-order valence-electron chi connectivity index (χ4n) is 2.93. The third kappa shape index (κ3) is 4.99. The molecule has 3 aromatic rings. The zero-order chi connectivity index (χ0) is 20.6. The van der Waals surface area contributed by atoms with Crippen LogP contribution in [0.15, 0.2) is 73.1 Å². The van der Waals surface area contributed by atoms with Crippen molar-refractivity contribution < 1.29 is 14.3 Å². The van der Waals surface area contributed by atoms with Crippen molar-refractivity contribution in [2.75, 3.05) is 23.4 Å². The number of carbonyl (C=O) groups is 2. The largest absolute Gasteiger partial charge is 0.462 e. The highest BCUT2D eigenvalue weighted by molar-refractivity contribution is 6.04. The Labute approximate surface area is 170 Å². The standard InChI is InChI=1S/C23H23N3O3/c1-3-26(20-8-6-5-7-9-20)21-14-18(15-24-16-21)22(27)25-19-12-10-17(11-13-19)23(28)29-4-2/h5-16H,3-4H2,1-2H3,(H,25,27). The molecule has 1 aromatic heterocycles. The molecule has 6 heteroatoms. The quantitative estimate of drug-likeness (QED) is 0.595. The van der Waals surface area contributed by atoms with Crippen LogP contribution in [0.3, 0.4) is 0 Å². The lowest BCUT2D eigenvalue weighted by Gasteiger charge is -2.23. The number of nitrogens with one attached hydrogen (secondary N) is 1. The highest BCUT2D eigenvalue weighted by atomic mass is 16.5. The number of pyridine rings is 1. The lowest BCUT2D eigenvalue weighted by atomic mass is 10.2. The average molecular weight is 389 g/mol. The number of anilines is 3. The van der Waals surface area contributed by atoms with E-state index in [0.29, 0.717) is 23.4 Å². The van der Waals surface area contributed by atoms with Crippen molar-refractivity contribution in [2.24, 2.45) is 0 Å². The Morgan fingerprint density at radius 1 is 0.931 bits per heavy atom. The first-order valence-corrected chi connectivity index (χ1v) is 9.48. The molecule has 6 nitrogen and oxygen atoms in total. The molecule has 0 aliphatic heterocycles. The van der Waals surface area contributed by atoms with E-state index in [9.17, 15) is 9.59 Å². The summed E-state index contributed by atoms with van der Waals surface area (Å²) in [5, 5.41) is 2.83. The van der Waals surface area contributed by atoms with Gasteiger partial charge in [0.15, 0.2) is 0 Å². The number of para-hydroxylation sites is 1. The summed E-state index contributed by atoms with van der Waals surface area (Å²) in [6.07, 6.45) is 3.27. The molecule has 0 aliphatic carbocycles. The van der Waals surface area contributed by atoms with Gasteiger partial charge in [0, 0.05) is 24.1 Å². The predicted octanol–water partition coefficient (Wildman–Crippen LogP) is 4.67. The summed E-state index contributed by atoms with van der Waals surface area (Å²) in [5.74, 6) is -0.657. The maximum absolute atomic E-state index is 12.7. The Morgan fingerprint density at radius 3 is 2.31 bits per heavy atom. The van der Waals surface area contributed by atoms with Crippen molar-refractivity contribution >= 4 is 28.9 Å². The summed E-state index contributed by atoms with van der Waals surface area (Å²) in [4.78, 5) is 30.7. The fraction of sp³-hybridized carbons (Fsp3) is 0.174. The second-order valence-corrected chi connectivity index (χ2v) is 6.26. The van der Waals surface area contributed by atoms with Crippen molar-refractivity contribution in [3.8, 4) is 0 Å². The zero-order valence-corrected chi connectivity index (χ0v) is 16.5. The number of carbonyl (C=O) groups excluding carboxylic acids is 2. The minimum absolute atomic E-state index is 0.271. The van der Waals surface area contributed by atoms with Gasteiger partial charge in [0.2, 0.25) is 0 Å². The first-order chi connectivity index (χ1) is 14.1. The van der Waals surface area contributed by atoms with Gasteiger partial charge in [0.05, 0.1) is 29.6 Å². The summed E-state index contributed by atoms with van der Waals surface area (Å²) in [7, 11) is 0. The third-order valence-corrected chi connectivity index (χ3v) is 4.34. The summed E-state index contributed by atoms with van der Waals surface area (Å²) in [5.41, 5.74) is 3.35. The number of rotatable bonds is 7. The van der Waals surface area contributed by atoms with E-state index in [0.717, 1.165) is 17.9 Å². The zero-order valence-electron chi connectivity index (χ0n) is 16.5. The average Bonchev–Trinajstić information content (AvgIpc) is 2.76. The van der Waals surface area contributed by atoms with E-state index in [2.05, 4.69) is 15.2 Å². The Balaban J connectivity index is 1.75. The van der Waals surface area contributed by atoms with Crippen LogP contribution in [-0.2, 0) is 4.74 Å².